The monoisotopic (exact) mass is 318 g/mol. The molecule has 0 aromatic heterocycles. The first-order valence-corrected chi connectivity index (χ1v) is 5.42. The van der Waals surface area contributed by atoms with Gasteiger partial charge in [0, 0.05) is 5.56 Å². The molecule has 0 aliphatic heterocycles. The molecule has 0 saturated heterocycles. The van der Waals surface area contributed by atoms with Crippen molar-refractivity contribution >= 4 is 28.6 Å². The van der Waals surface area contributed by atoms with E-state index in [1.54, 1.807) is 25.1 Å². The maximum Gasteiger partial charge on any atom is 0.336 e. The Morgan fingerprint density at radius 3 is 2.87 bits per heavy atom. The minimum Gasteiger partial charge on any atom is -0.488 e. The fourth-order valence-corrected chi connectivity index (χ4v) is 1.95. The van der Waals surface area contributed by atoms with Gasteiger partial charge in [-0.15, -0.1) is 0 Å². The Bertz CT molecular complexity index is 399. The molecule has 1 rings (SSSR count). The molecule has 80 valence electrons. The lowest BCUT2D eigenvalue weighted by atomic mass is 10.1. The van der Waals surface area contributed by atoms with E-state index in [0.29, 0.717) is 17.9 Å². The number of aromatic carboxylic acids is 1. The SMILES string of the molecule is C=CCOc1c(I)ccc(C(=O)O)c1C. The average molecular weight is 318 g/mol. The summed E-state index contributed by atoms with van der Waals surface area (Å²) in [5.41, 5.74) is 0.922. The van der Waals surface area contributed by atoms with Crippen molar-refractivity contribution in [1.82, 2.24) is 0 Å². The molecule has 0 radical (unpaired) electrons. The topological polar surface area (TPSA) is 46.5 Å². The number of hydrogen-bond acceptors (Lipinski definition) is 2. The second-order valence-corrected chi connectivity index (χ2v) is 4.12. The number of carbonyl (C=O) groups is 1. The minimum absolute atomic E-state index is 0.273. The van der Waals surface area contributed by atoms with E-state index in [1.807, 2.05) is 0 Å². The molecule has 0 unspecified atom stereocenters. The van der Waals surface area contributed by atoms with Gasteiger partial charge in [-0.05, 0) is 41.6 Å². The number of hydrogen-bond donors (Lipinski definition) is 1. The van der Waals surface area contributed by atoms with Crippen molar-refractivity contribution in [2.45, 2.75) is 6.92 Å². The first-order valence-electron chi connectivity index (χ1n) is 4.34. The summed E-state index contributed by atoms with van der Waals surface area (Å²) in [5, 5.41) is 8.93. The van der Waals surface area contributed by atoms with Gasteiger partial charge in [-0.1, -0.05) is 12.7 Å². The van der Waals surface area contributed by atoms with Crippen LogP contribution in [-0.2, 0) is 0 Å². The van der Waals surface area contributed by atoms with E-state index < -0.39 is 5.97 Å². The van der Waals surface area contributed by atoms with Gasteiger partial charge in [-0.2, -0.15) is 0 Å². The molecule has 0 atom stereocenters. The Morgan fingerprint density at radius 2 is 2.33 bits per heavy atom. The van der Waals surface area contributed by atoms with Crippen LogP contribution in [0.2, 0.25) is 0 Å². The third kappa shape index (κ3) is 2.71. The highest BCUT2D eigenvalue weighted by atomic mass is 127. The highest BCUT2D eigenvalue weighted by molar-refractivity contribution is 14.1. The van der Waals surface area contributed by atoms with E-state index in [0.717, 1.165) is 3.57 Å². The summed E-state index contributed by atoms with van der Waals surface area (Å²) in [6.07, 6.45) is 1.63. The normalized spacial score (nSPS) is 9.73. The number of carboxylic acid groups (broad SMARTS) is 1. The molecule has 0 saturated carbocycles. The molecule has 15 heavy (non-hydrogen) atoms. The number of carboxylic acids is 1. The molecule has 0 aliphatic rings. The zero-order valence-electron chi connectivity index (χ0n) is 8.29. The summed E-state index contributed by atoms with van der Waals surface area (Å²) < 4.78 is 6.32. The number of benzene rings is 1. The van der Waals surface area contributed by atoms with Crippen LogP contribution in [0.15, 0.2) is 24.8 Å². The second-order valence-electron chi connectivity index (χ2n) is 2.95. The van der Waals surface area contributed by atoms with Crippen LogP contribution in [0.4, 0.5) is 0 Å². The van der Waals surface area contributed by atoms with Gasteiger partial charge in [0.1, 0.15) is 12.4 Å². The van der Waals surface area contributed by atoms with Gasteiger partial charge < -0.3 is 9.84 Å². The van der Waals surface area contributed by atoms with Crippen molar-refractivity contribution in [3.63, 3.8) is 0 Å². The summed E-state index contributed by atoms with van der Waals surface area (Å²) in [4.78, 5) is 10.9. The number of rotatable bonds is 4. The van der Waals surface area contributed by atoms with Gasteiger partial charge in [0.15, 0.2) is 0 Å². The minimum atomic E-state index is -0.938. The standard InChI is InChI=1S/C11H11IO3/c1-3-6-15-10-7(2)8(11(13)14)4-5-9(10)12/h3-5H,1,6H2,2H3,(H,13,14). The van der Waals surface area contributed by atoms with Gasteiger partial charge in [-0.25, -0.2) is 4.79 Å². The molecule has 0 bridgehead atoms. The molecular formula is C11H11IO3. The van der Waals surface area contributed by atoms with Gasteiger partial charge in [-0.3, -0.25) is 0 Å². The fourth-order valence-electron chi connectivity index (χ4n) is 1.21. The smallest absolute Gasteiger partial charge is 0.336 e. The van der Waals surface area contributed by atoms with Crippen LogP contribution in [0.5, 0.6) is 5.75 Å². The van der Waals surface area contributed by atoms with Crippen molar-refractivity contribution in [3.8, 4) is 5.75 Å². The molecule has 0 amide bonds. The van der Waals surface area contributed by atoms with Crippen molar-refractivity contribution in [2.75, 3.05) is 6.61 Å². The Hall–Kier alpha value is -1.04. The maximum absolute atomic E-state index is 10.9. The van der Waals surface area contributed by atoms with Crippen LogP contribution in [-0.4, -0.2) is 17.7 Å². The predicted octanol–water partition coefficient (Wildman–Crippen LogP) is 2.86. The van der Waals surface area contributed by atoms with Gasteiger partial charge in [0.05, 0.1) is 9.13 Å². The van der Waals surface area contributed by atoms with E-state index in [-0.39, 0.29) is 5.56 Å². The summed E-state index contributed by atoms with van der Waals surface area (Å²) >= 11 is 2.11. The Kier molecular flexibility index (Phi) is 4.14. The maximum atomic E-state index is 10.9. The van der Waals surface area contributed by atoms with Crippen LogP contribution in [0.3, 0.4) is 0 Å². The van der Waals surface area contributed by atoms with Gasteiger partial charge in [0.25, 0.3) is 0 Å². The molecule has 0 heterocycles. The quantitative estimate of drug-likeness (QED) is 0.686. The molecule has 0 spiro atoms. The van der Waals surface area contributed by atoms with Crippen molar-refractivity contribution in [2.24, 2.45) is 0 Å². The van der Waals surface area contributed by atoms with E-state index in [9.17, 15) is 4.79 Å². The third-order valence-corrected chi connectivity index (χ3v) is 2.78. The first kappa shape index (κ1) is 12.0. The molecule has 4 heteroatoms. The zero-order valence-corrected chi connectivity index (χ0v) is 10.4. The molecule has 3 nitrogen and oxygen atoms in total. The predicted molar refractivity (Wildman–Crippen MR) is 66.5 cm³/mol. The fraction of sp³-hybridized carbons (Fsp3) is 0.182. The Morgan fingerprint density at radius 1 is 1.67 bits per heavy atom. The molecule has 0 aliphatic carbocycles. The van der Waals surface area contributed by atoms with E-state index >= 15 is 0 Å². The van der Waals surface area contributed by atoms with E-state index in [1.165, 1.54) is 0 Å². The van der Waals surface area contributed by atoms with Crippen molar-refractivity contribution in [1.29, 1.82) is 0 Å². The summed E-state index contributed by atoms with van der Waals surface area (Å²) in [7, 11) is 0. The van der Waals surface area contributed by atoms with Crippen molar-refractivity contribution in [3.05, 3.63) is 39.5 Å². The Labute approximate surface area is 102 Å². The lowest BCUT2D eigenvalue weighted by Gasteiger charge is -2.11. The Balaban J connectivity index is 3.17. The molecule has 1 aromatic carbocycles. The summed E-state index contributed by atoms with van der Waals surface area (Å²) in [6, 6.07) is 3.32. The number of ether oxygens (including phenoxy) is 1. The highest BCUT2D eigenvalue weighted by Gasteiger charge is 2.13. The average Bonchev–Trinajstić information content (AvgIpc) is 2.17. The van der Waals surface area contributed by atoms with E-state index in [4.69, 9.17) is 9.84 Å². The van der Waals surface area contributed by atoms with Crippen LogP contribution >= 0.6 is 22.6 Å². The summed E-state index contributed by atoms with van der Waals surface area (Å²) in [6.45, 7) is 5.66. The zero-order chi connectivity index (χ0) is 11.4. The summed E-state index contributed by atoms with van der Waals surface area (Å²) in [5.74, 6) is -0.317. The second kappa shape index (κ2) is 5.16. The number of halogens is 1. The lowest BCUT2D eigenvalue weighted by Crippen LogP contribution is -2.04. The lowest BCUT2D eigenvalue weighted by molar-refractivity contribution is 0.0695. The highest BCUT2D eigenvalue weighted by Crippen LogP contribution is 2.28. The molecule has 0 fully saturated rings. The third-order valence-electron chi connectivity index (χ3n) is 1.93. The van der Waals surface area contributed by atoms with Gasteiger partial charge in [0.2, 0.25) is 0 Å². The molecule has 1 N–H and O–H groups in total. The first-order chi connectivity index (χ1) is 7.07. The van der Waals surface area contributed by atoms with Crippen LogP contribution in [0, 0.1) is 10.5 Å². The molecular weight excluding hydrogens is 307 g/mol. The van der Waals surface area contributed by atoms with Crippen LogP contribution in [0.25, 0.3) is 0 Å². The van der Waals surface area contributed by atoms with E-state index in [2.05, 4.69) is 29.2 Å². The van der Waals surface area contributed by atoms with Gasteiger partial charge >= 0.3 is 5.97 Å². The van der Waals surface area contributed by atoms with Crippen molar-refractivity contribution < 1.29 is 14.6 Å². The largest absolute Gasteiger partial charge is 0.488 e. The van der Waals surface area contributed by atoms with Crippen LogP contribution < -0.4 is 4.74 Å². The molecule has 1 aromatic rings. The van der Waals surface area contributed by atoms with Crippen LogP contribution in [0.1, 0.15) is 15.9 Å².